The van der Waals surface area contributed by atoms with Crippen LogP contribution in [0.4, 0.5) is 10.5 Å². The van der Waals surface area contributed by atoms with Crippen LogP contribution in [-0.4, -0.2) is 17.8 Å². The number of nitrogens with one attached hydrogen (secondary N) is 1. The van der Waals surface area contributed by atoms with Gasteiger partial charge in [-0.05, 0) is 12.5 Å². The van der Waals surface area contributed by atoms with Gasteiger partial charge in [-0.1, -0.05) is 24.3 Å². The van der Waals surface area contributed by atoms with Crippen molar-refractivity contribution in [1.82, 2.24) is 0 Å². The highest BCUT2D eigenvalue weighted by Gasteiger charge is 2.05. The molecule has 0 spiro atoms. The second-order valence-electron chi connectivity index (χ2n) is 3.15. The standard InChI is InChI=1S/C12H15NO3/c1-2-3-8-16-12(15)13-11-7-5-4-6-10(11)9-14/h2,4-7,14H,1,3,8-9H2,(H,13,15). The number of amides is 1. The summed E-state index contributed by atoms with van der Waals surface area (Å²) in [5.41, 5.74) is 1.22. The third kappa shape index (κ3) is 3.74. The summed E-state index contributed by atoms with van der Waals surface area (Å²) in [5, 5.41) is 11.6. The maximum atomic E-state index is 11.3. The number of aliphatic hydroxyl groups is 1. The maximum Gasteiger partial charge on any atom is 0.411 e. The summed E-state index contributed by atoms with van der Waals surface area (Å²) in [4.78, 5) is 11.3. The number of anilines is 1. The zero-order valence-corrected chi connectivity index (χ0v) is 8.98. The lowest BCUT2D eigenvalue weighted by Gasteiger charge is -2.09. The number of carbonyl (C=O) groups is 1. The third-order valence-electron chi connectivity index (χ3n) is 1.98. The van der Waals surface area contributed by atoms with Crippen molar-refractivity contribution < 1.29 is 14.6 Å². The fraction of sp³-hybridized carbons (Fsp3) is 0.250. The monoisotopic (exact) mass is 221 g/mol. The van der Waals surface area contributed by atoms with Crippen LogP contribution < -0.4 is 5.32 Å². The van der Waals surface area contributed by atoms with Gasteiger partial charge in [-0.15, -0.1) is 6.58 Å². The Bertz CT molecular complexity index is 363. The first-order chi connectivity index (χ1) is 7.77. The van der Waals surface area contributed by atoms with Crippen LogP contribution in [0, 0.1) is 0 Å². The molecule has 4 heteroatoms. The molecule has 1 rings (SSSR count). The molecule has 0 heterocycles. The third-order valence-corrected chi connectivity index (χ3v) is 1.98. The molecule has 86 valence electrons. The van der Waals surface area contributed by atoms with Crippen molar-refractivity contribution in [1.29, 1.82) is 0 Å². The second kappa shape index (κ2) is 6.63. The molecule has 1 amide bonds. The molecular weight excluding hydrogens is 206 g/mol. The van der Waals surface area contributed by atoms with Gasteiger partial charge in [0.25, 0.3) is 0 Å². The summed E-state index contributed by atoms with van der Waals surface area (Å²) in [6.45, 7) is 3.70. The number of carbonyl (C=O) groups excluding carboxylic acids is 1. The molecule has 0 aliphatic rings. The molecule has 0 saturated heterocycles. The van der Waals surface area contributed by atoms with Crippen molar-refractivity contribution >= 4 is 11.8 Å². The van der Waals surface area contributed by atoms with E-state index < -0.39 is 6.09 Å². The van der Waals surface area contributed by atoms with Gasteiger partial charge in [0.2, 0.25) is 0 Å². The first kappa shape index (κ1) is 12.3. The van der Waals surface area contributed by atoms with Crippen molar-refractivity contribution in [2.75, 3.05) is 11.9 Å². The lowest BCUT2D eigenvalue weighted by Crippen LogP contribution is -2.15. The van der Waals surface area contributed by atoms with Gasteiger partial charge in [0.15, 0.2) is 0 Å². The minimum atomic E-state index is -0.525. The van der Waals surface area contributed by atoms with Gasteiger partial charge in [0.1, 0.15) is 0 Å². The van der Waals surface area contributed by atoms with E-state index in [9.17, 15) is 4.79 Å². The van der Waals surface area contributed by atoms with E-state index in [2.05, 4.69) is 11.9 Å². The summed E-state index contributed by atoms with van der Waals surface area (Å²) in [6, 6.07) is 7.01. The zero-order chi connectivity index (χ0) is 11.8. The normalized spacial score (nSPS) is 9.56. The average Bonchev–Trinajstić information content (AvgIpc) is 2.30. The summed E-state index contributed by atoms with van der Waals surface area (Å²) in [7, 11) is 0. The van der Waals surface area contributed by atoms with Crippen LogP contribution >= 0.6 is 0 Å². The van der Waals surface area contributed by atoms with Gasteiger partial charge < -0.3 is 9.84 Å². The van der Waals surface area contributed by atoms with Gasteiger partial charge in [-0.3, -0.25) is 5.32 Å². The van der Waals surface area contributed by atoms with Crippen LogP contribution in [0.15, 0.2) is 36.9 Å². The molecule has 2 N–H and O–H groups in total. The molecule has 1 aromatic carbocycles. The SMILES string of the molecule is C=CCCOC(=O)Nc1ccccc1CO. The van der Waals surface area contributed by atoms with E-state index in [0.29, 0.717) is 24.3 Å². The van der Waals surface area contributed by atoms with E-state index in [1.807, 2.05) is 0 Å². The lowest BCUT2D eigenvalue weighted by atomic mass is 10.2. The Hall–Kier alpha value is -1.81. The predicted octanol–water partition coefficient (Wildman–Crippen LogP) is 2.30. The summed E-state index contributed by atoms with van der Waals surface area (Å²) in [5.74, 6) is 0. The van der Waals surface area contributed by atoms with Crippen LogP contribution in [0.25, 0.3) is 0 Å². The van der Waals surface area contributed by atoms with Crippen molar-refractivity contribution in [3.05, 3.63) is 42.5 Å². The van der Waals surface area contributed by atoms with E-state index in [1.54, 1.807) is 30.3 Å². The molecule has 0 atom stereocenters. The van der Waals surface area contributed by atoms with Crippen molar-refractivity contribution in [2.24, 2.45) is 0 Å². The Morgan fingerprint density at radius 2 is 2.25 bits per heavy atom. The quantitative estimate of drug-likeness (QED) is 0.592. The van der Waals surface area contributed by atoms with Crippen molar-refractivity contribution in [3.8, 4) is 0 Å². The molecule has 0 saturated carbocycles. The number of hydrogen-bond donors (Lipinski definition) is 2. The molecule has 0 aliphatic carbocycles. The first-order valence-corrected chi connectivity index (χ1v) is 5.01. The molecule has 4 nitrogen and oxygen atoms in total. The second-order valence-corrected chi connectivity index (χ2v) is 3.15. The minimum Gasteiger partial charge on any atom is -0.449 e. The van der Waals surface area contributed by atoms with E-state index in [-0.39, 0.29) is 6.61 Å². The van der Waals surface area contributed by atoms with Crippen LogP contribution in [-0.2, 0) is 11.3 Å². The predicted molar refractivity (Wildman–Crippen MR) is 62.1 cm³/mol. The number of ether oxygens (including phenoxy) is 1. The molecular formula is C12H15NO3. The Morgan fingerprint density at radius 1 is 1.50 bits per heavy atom. The number of rotatable bonds is 5. The van der Waals surface area contributed by atoms with E-state index in [1.165, 1.54) is 0 Å². The lowest BCUT2D eigenvalue weighted by molar-refractivity contribution is 0.163. The van der Waals surface area contributed by atoms with Gasteiger partial charge in [0.05, 0.1) is 13.2 Å². The number of hydrogen-bond acceptors (Lipinski definition) is 3. The molecule has 16 heavy (non-hydrogen) atoms. The first-order valence-electron chi connectivity index (χ1n) is 5.01. The Morgan fingerprint density at radius 3 is 2.94 bits per heavy atom. The molecule has 0 unspecified atom stereocenters. The Labute approximate surface area is 94.6 Å². The summed E-state index contributed by atoms with van der Waals surface area (Å²) >= 11 is 0. The number of para-hydroxylation sites is 1. The van der Waals surface area contributed by atoms with Crippen molar-refractivity contribution in [3.63, 3.8) is 0 Å². The Balaban J connectivity index is 2.52. The van der Waals surface area contributed by atoms with E-state index in [4.69, 9.17) is 9.84 Å². The van der Waals surface area contributed by atoms with Crippen LogP contribution in [0.5, 0.6) is 0 Å². The zero-order valence-electron chi connectivity index (χ0n) is 8.98. The fourth-order valence-corrected chi connectivity index (χ4v) is 1.16. The smallest absolute Gasteiger partial charge is 0.411 e. The summed E-state index contributed by atoms with van der Waals surface area (Å²) in [6.07, 6.45) is 1.77. The van der Waals surface area contributed by atoms with Gasteiger partial charge >= 0.3 is 6.09 Å². The van der Waals surface area contributed by atoms with Gasteiger partial charge in [0, 0.05) is 11.3 Å². The number of aliphatic hydroxyl groups excluding tert-OH is 1. The van der Waals surface area contributed by atoms with E-state index in [0.717, 1.165) is 0 Å². The highest BCUT2D eigenvalue weighted by Crippen LogP contribution is 2.14. The van der Waals surface area contributed by atoms with Crippen LogP contribution in [0.2, 0.25) is 0 Å². The highest BCUT2D eigenvalue weighted by molar-refractivity contribution is 5.85. The summed E-state index contributed by atoms with van der Waals surface area (Å²) < 4.78 is 4.88. The van der Waals surface area contributed by atoms with Crippen molar-refractivity contribution in [2.45, 2.75) is 13.0 Å². The molecule has 1 aromatic rings. The molecule has 0 radical (unpaired) electrons. The van der Waals surface area contributed by atoms with Crippen LogP contribution in [0.3, 0.4) is 0 Å². The minimum absolute atomic E-state index is 0.122. The van der Waals surface area contributed by atoms with Gasteiger partial charge in [-0.25, -0.2) is 4.79 Å². The number of benzene rings is 1. The van der Waals surface area contributed by atoms with Gasteiger partial charge in [-0.2, -0.15) is 0 Å². The Kier molecular flexibility index (Phi) is 5.08. The molecule has 0 bridgehead atoms. The molecule has 0 aliphatic heterocycles. The highest BCUT2D eigenvalue weighted by atomic mass is 16.5. The largest absolute Gasteiger partial charge is 0.449 e. The fourth-order valence-electron chi connectivity index (χ4n) is 1.16. The van der Waals surface area contributed by atoms with Crippen LogP contribution in [0.1, 0.15) is 12.0 Å². The van der Waals surface area contributed by atoms with E-state index >= 15 is 0 Å². The molecule has 0 aromatic heterocycles. The molecule has 0 fully saturated rings. The topological polar surface area (TPSA) is 58.6 Å². The average molecular weight is 221 g/mol. The maximum absolute atomic E-state index is 11.3.